The van der Waals surface area contributed by atoms with E-state index in [1.165, 1.54) is 0 Å². The van der Waals surface area contributed by atoms with Gasteiger partial charge in [0.2, 0.25) is 0 Å². The second-order valence-electron chi connectivity index (χ2n) is 5.08. The van der Waals surface area contributed by atoms with Crippen LogP contribution < -0.4 is 11.3 Å². The Morgan fingerprint density at radius 1 is 1.20 bits per heavy atom. The van der Waals surface area contributed by atoms with E-state index in [4.69, 9.17) is 5.73 Å². The van der Waals surface area contributed by atoms with Gasteiger partial charge in [0.25, 0.3) is 5.56 Å². The molecular formula is C16H21N3O. The van der Waals surface area contributed by atoms with Crippen molar-refractivity contribution in [2.24, 2.45) is 0 Å². The molecule has 1 aromatic heterocycles. The molecule has 1 heterocycles. The van der Waals surface area contributed by atoms with Crippen LogP contribution in [-0.4, -0.2) is 9.97 Å². The van der Waals surface area contributed by atoms with Crippen molar-refractivity contribution >= 4 is 5.82 Å². The van der Waals surface area contributed by atoms with E-state index in [-0.39, 0.29) is 11.0 Å². The summed E-state index contributed by atoms with van der Waals surface area (Å²) in [7, 11) is 0. The molecule has 1 aromatic carbocycles. The molecule has 20 heavy (non-hydrogen) atoms. The molecule has 0 saturated heterocycles. The Morgan fingerprint density at radius 3 is 2.30 bits per heavy atom. The summed E-state index contributed by atoms with van der Waals surface area (Å²) < 4.78 is 0. The minimum Gasteiger partial charge on any atom is -0.383 e. The largest absolute Gasteiger partial charge is 0.383 e. The van der Waals surface area contributed by atoms with Crippen molar-refractivity contribution in [1.29, 1.82) is 0 Å². The number of hydrogen-bond donors (Lipinski definition) is 2. The predicted molar refractivity (Wildman–Crippen MR) is 81.8 cm³/mol. The van der Waals surface area contributed by atoms with Gasteiger partial charge in [-0.15, -0.1) is 0 Å². The van der Waals surface area contributed by atoms with E-state index in [1.54, 1.807) is 6.92 Å². The van der Waals surface area contributed by atoms with Crippen LogP contribution in [0.4, 0.5) is 5.82 Å². The quantitative estimate of drug-likeness (QED) is 0.898. The molecule has 0 aliphatic heterocycles. The van der Waals surface area contributed by atoms with Crippen molar-refractivity contribution in [2.75, 3.05) is 5.73 Å². The summed E-state index contributed by atoms with van der Waals surface area (Å²) >= 11 is 0. The number of hydrogen-bond acceptors (Lipinski definition) is 3. The molecule has 0 aliphatic carbocycles. The predicted octanol–water partition coefficient (Wildman–Crippen LogP) is 2.77. The topological polar surface area (TPSA) is 71.8 Å². The van der Waals surface area contributed by atoms with Crippen LogP contribution in [0.2, 0.25) is 0 Å². The van der Waals surface area contributed by atoms with Gasteiger partial charge >= 0.3 is 0 Å². The number of aromatic amines is 1. The van der Waals surface area contributed by atoms with Gasteiger partial charge in [-0.1, -0.05) is 44.2 Å². The summed E-state index contributed by atoms with van der Waals surface area (Å²) in [4.78, 5) is 19.4. The summed E-state index contributed by atoms with van der Waals surface area (Å²) in [5, 5.41) is 0. The molecule has 3 N–H and O–H groups in total. The number of nitrogens with two attached hydrogens (primary N) is 1. The van der Waals surface area contributed by atoms with Gasteiger partial charge in [-0.25, -0.2) is 4.98 Å². The van der Waals surface area contributed by atoms with Crippen LogP contribution in [0.15, 0.2) is 35.1 Å². The van der Waals surface area contributed by atoms with Gasteiger partial charge in [0.15, 0.2) is 0 Å². The van der Waals surface area contributed by atoms with E-state index in [1.807, 2.05) is 18.2 Å². The number of benzene rings is 1. The van der Waals surface area contributed by atoms with Crippen LogP contribution in [0.1, 0.15) is 43.6 Å². The number of anilines is 1. The normalized spacial score (nSPS) is 11.6. The highest BCUT2D eigenvalue weighted by atomic mass is 16.1. The Bertz CT molecular complexity index is 643. The lowest BCUT2D eigenvalue weighted by Gasteiger charge is -2.31. The smallest absolute Gasteiger partial charge is 0.255 e. The average molecular weight is 271 g/mol. The van der Waals surface area contributed by atoms with Crippen LogP contribution in [-0.2, 0) is 5.41 Å². The first-order chi connectivity index (χ1) is 9.55. The van der Waals surface area contributed by atoms with Crippen LogP contribution >= 0.6 is 0 Å². The minimum atomic E-state index is -0.303. The van der Waals surface area contributed by atoms with Crippen molar-refractivity contribution in [2.45, 2.75) is 39.0 Å². The Kier molecular flexibility index (Phi) is 3.93. The lowest BCUT2D eigenvalue weighted by molar-refractivity contribution is 0.448. The fourth-order valence-corrected chi connectivity index (χ4v) is 2.66. The molecule has 0 amide bonds. The highest BCUT2D eigenvalue weighted by Crippen LogP contribution is 2.36. The maximum Gasteiger partial charge on any atom is 0.255 e. The molecule has 0 spiro atoms. The second-order valence-corrected chi connectivity index (χ2v) is 5.08. The maximum absolute atomic E-state index is 12.0. The third-order valence-electron chi connectivity index (χ3n) is 4.18. The number of nitrogen functional groups attached to an aromatic ring is 1. The standard InChI is InChI=1S/C16H21N3O/c1-4-16(5-2,12-9-7-6-8-10-12)15-18-13(17)11(3)14(20)19-15/h6-10H,4-5H2,1-3H3,(H3,17,18,19,20). The SMILES string of the molecule is CCC(CC)(c1ccccc1)c1nc(N)c(C)c(=O)[nH]1. The molecular weight excluding hydrogens is 250 g/mol. The first kappa shape index (κ1) is 14.3. The van der Waals surface area contributed by atoms with Crippen LogP contribution in [0.5, 0.6) is 0 Å². The minimum absolute atomic E-state index is 0.158. The molecule has 0 fully saturated rings. The zero-order valence-electron chi connectivity index (χ0n) is 12.2. The van der Waals surface area contributed by atoms with Gasteiger partial charge in [-0.05, 0) is 25.3 Å². The molecule has 0 radical (unpaired) electrons. The molecule has 4 nitrogen and oxygen atoms in total. The molecule has 0 saturated carbocycles. The summed E-state index contributed by atoms with van der Waals surface area (Å²) in [5.74, 6) is 0.966. The van der Waals surface area contributed by atoms with Crippen LogP contribution in [0.25, 0.3) is 0 Å². The molecule has 2 rings (SSSR count). The van der Waals surface area contributed by atoms with E-state index in [0.29, 0.717) is 17.2 Å². The fraction of sp³-hybridized carbons (Fsp3) is 0.375. The van der Waals surface area contributed by atoms with Gasteiger partial charge in [0.1, 0.15) is 11.6 Å². The average Bonchev–Trinajstić information content (AvgIpc) is 2.47. The Balaban J connectivity index is 2.69. The summed E-state index contributed by atoms with van der Waals surface area (Å²) in [5.41, 5.74) is 7.04. The lowest BCUT2D eigenvalue weighted by Crippen LogP contribution is -2.32. The molecule has 106 valence electrons. The van der Waals surface area contributed by atoms with E-state index in [0.717, 1.165) is 18.4 Å². The lowest BCUT2D eigenvalue weighted by atomic mass is 9.75. The van der Waals surface area contributed by atoms with Crippen LogP contribution in [0, 0.1) is 6.92 Å². The molecule has 4 heteroatoms. The van der Waals surface area contributed by atoms with Gasteiger partial charge in [-0.2, -0.15) is 0 Å². The first-order valence-corrected chi connectivity index (χ1v) is 6.97. The van der Waals surface area contributed by atoms with Gasteiger partial charge < -0.3 is 10.7 Å². The third-order valence-corrected chi connectivity index (χ3v) is 4.18. The summed E-state index contributed by atoms with van der Waals surface area (Å²) in [6.07, 6.45) is 1.69. The van der Waals surface area contributed by atoms with E-state index < -0.39 is 0 Å². The van der Waals surface area contributed by atoms with Crippen molar-refractivity contribution in [3.8, 4) is 0 Å². The zero-order valence-corrected chi connectivity index (χ0v) is 12.2. The van der Waals surface area contributed by atoms with E-state index >= 15 is 0 Å². The first-order valence-electron chi connectivity index (χ1n) is 6.97. The monoisotopic (exact) mass is 271 g/mol. The van der Waals surface area contributed by atoms with E-state index in [9.17, 15) is 4.79 Å². The highest BCUT2D eigenvalue weighted by Gasteiger charge is 2.33. The van der Waals surface area contributed by atoms with Crippen LogP contribution in [0.3, 0.4) is 0 Å². The number of nitrogens with one attached hydrogen (secondary N) is 1. The zero-order chi connectivity index (χ0) is 14.8. The molecule has 0 atom stereocenters. The van der Waals surface area contributed by atoms with Crippen molar-refractivity contribution in [1.82, 2.24) is 9.97 Å². The van der Waals surface area contributed by atoms with Gasteiger partial charge in [-0.3, -0.25) is 4.79 Å². The van der Waals surface area contributed by atoms with Crippen molar-refractivity contribution < 1.29 is 0 Å². The Hall–Kier alpha value is -2.10. The molecule has 2 aromatic rings. The number of H-pyrrole nitrogens is 1. The highest BCUT2D eigenvalue weighted by molar-refractivity contribution is 5.40. The number of nitrogens with zero attached hydrogens (tertiary/aromatic N) is 1. The third kappa shape index (κ3) is 2.22. The van der Waals surface area contributed by atoms with Crippen molar-refractivity contribution in [3.63, 3.8) is 0 Å². The van der Waals surface area contributed by atoms with Crippen molar-refractivity contribution in [3.05, 3.63) is 57.6 Å². The second kappa shape index (κ2) is 5.49. The maximum atomic E-state index is 12.0. The number of aromatic nitrogens is 2. The summed E-state index contributed by atoms with van der Waals surface area (Å²) in [6.45, 7) is 5.89. The molecule has 0 aliphatic rings. The fourth-order valence-electron chi connectivity index (χ4n) is 2.66. The summed E-state index contributed by atoms with van der Waals surface area (Å²) in [6, 6.07) is 10.1. The molecule has 0 bridgehead atoms. The Labute approximate surface area is 119 Å². The van der Waals surface area contributed by atoms with E-state index in [2.05, 4.69) is 35.9 Å². The molecule has 0 unspecified atom stereocenters. The van der Waals surface area contributed by atoms with Gasteiger partial charge in [0, 0.05) is 0 Å². The Morgan fingerprint density at radius 2 is 1.80 bits per heavy atom. The number of rotatable bonds is 4. The van der Waals surface area contributed by atoms with Gasteiger partial charge in [0.05, 0.1) is 11.0 Å².